The summed E-state index contributed by atoms with van der Waals surface area (Å²) in [5, 5.41) is 0. The summed E-state index contributed by atoms with van der Waals surface area (Å²) >= 11 is 0. The van der Waals surface area contributed by atoms with Crippen LogP contribution in [0.1, 0.15) is 19.8 Å². The van der Waals surface area contributed by atoms with Gasteiger partial charge in [0.25, 0.3) is 0 Å². The van der Waals surface area contributed by atoms with E-state index in [4.69, 9.17) is 0 Å². The molecule has 5 nitrogen and oxygen atoms in total. The van der Waals surface area contributed by atoms with Gasteiger partial charge in [0.05, 0.1) is 10.9 Å². The average Bonchev–Trinajstić information content (AvgIpc) is 2.91. The SMILES string of the molecule is C[C@H](NS(=O)(=O)c1ccc(F)cc1)C(=O)N1CCCC1. The summed E-state index contributed by atoms with van der Waals surface area (Å²) in [7, 11) is -3.82. The zero-order valence-corrected chi connectivity index (χ0v) is 12.0. The molecule has 1 fully saturated rings. The van der Waals surface area contributed by atoms with Crippen LogP contribution >= 0.6 is 0 Å². The van der Waals surface area contributed by atoms with Gasteiger partial charge >= 0.3 is 0 Å². The van der Waals surface area contributed by atoms with Crippen LogP contribution < -0.4 is 4.72 Å². The number of amides is 1. The molecule has 1 amide bonds. The molecule has 0 saturated carbocycles. The van der Waals surface area contributed by atoms with Crippen LogP contribution in [0, 0.1) is 5.82 Å². The number of carbonyl (C=O) groups is 1. The molecule has 1 aromatic rings. The smallest absolute Gasteiger partial charge is 0.241 e. The lowest BCUT2D eigenvalue weighted by atomic mass is 10.3. The zero-order chi connectivity index (χ0) is 14.8. The van der Waals surface area contributed by atoms with E-state index in [0.29, 0.717) is 13.1 Å². The lowest BCUT2D eigenvalue weighted by Crippen LogP contribution is -2.45. The van der Waals surface area contributed by atoms with Crippen molar-refractivity contribution in [3.63, 3.8) is 0 Å². The third-order valence-corrected chi connectivity index (χ3v) is 4.80. The number of sulfonamides is 1. The zero-order valence-electron chi connectivity index (χ0n) is 11.2. The minimum atomic E-state index is -3.82. The third kappa shape index (κ3) is 3.34. The summed E-state index contributed by atoms with van der Waals surface area (Å²) < 4.78 is 39.3. The largest absolute Gasteiger partial charge is 0.341 e. The first-order valence-corrected chi connectivity index (χ1v) is 7.95. The van der Waals surface area contributed by atoms with Crippen molar-refractivity contribution in [1.29, 1.82) is 0 Å². The molecule has 1 aromatic carbocycles. The van der Waals surface area contributed by atoms with E-state index in [1.807, 2.05) is 0 Å². The molecule has 0 aliphatic carbocycles. The van der Waals surface area contributed by atoms with Crippen molar-refractivity contribution >= 4 is 15.9 Å². The quantitative estimate of drug-likeness (QED) is 0.906. The van der Waals surface area contributed by atoms with Gasteiger partial charge in [0, 0.05) is 13.1 Å². The minimum absolute atomic E-state index is 0.0556. The topological polar surface area (TPSA) is 66.5 Å². The van der Waals surface area contributed by atoms with Crippen LogP contribution in [0.3, 0.4) is 0 Å². The van der Waals surface area contributed by atoms with E-state index < -0.39 is 21.9 Å². The van der Waals surface area contributed by atoms with Crippen LogP contribution in [0.25, 0.3) is 0 Å². The predicted molar refractivity (Wildman–Crippen MR) is 72.0 cm³/mol. The van der Waals surface area contributed by atoms with Crippen molar-refractivity contribution in [1.82, 2.24) is 9.62 Å². The Bertz CT molecular complexity index is 580. The van der Waals surface area contributed by atoms with Crippen molar-refractivity contribution in [3.8, 4) is 0 Å². The summed E-state index contributed by atoms with van der Waals surface area (Å²) in [6.07, 6.45) is 1.90. The van der Waals surface area contributed by atoms with E-state index in [2.05, 4.69) is 4.72 Å². The van der Waals surface area contributed by atoms with Crippen LogP contribution in [-0.2, 0) is 14.8 Å². The van der Waals surface area contributed by atoms with Gasteiger partial charge in [0.15, 0.2) is 0 Å². The second-order valence-electron chi connectivity index (χ2n) is 4.83. The van der Waals surface area contributed by atoms with Crippen LogP contribution in [0.2, 0.25) is 0 Å². The van der Waals surface area contributed by atoms with Gasteiger partial charge in [0.2, 0.25) is 15.9 Å². The summed E-state index contributed by atoms with van der Waals surface area (Å²) in [5.74, 6) is -0.738. The van der Waals surface area contributed by atoms with Crippen molar-refractivity contribution in [2.45, 2.75) is 30.7 Å². The van der Waals surface area contributed by atoms with Gasteiger partial charge in [-0.05, 0) is 44.0 Å². The molecule has 1 atom stereocenters. The Hall–Kier alpha value is -1.47. The van der Waals surface area contributed by atoms with Crippen LogP contribution in [-0.4, -0.2) is 38.4 Å². The minimum Gasteiger partial charge on any atom is -0.341 e. The number of likely N-dealkylation sites (tertiary alicyclic amines) is 1. The first-order valence-electron chi connectivity index (χ1n) is 6.47. The Morgan fingerprint density at radius 1 is 1.25 bits per heavy atom. The highest BCUT2D eigenvalue weighted by atomic mass is 32.2. The Morgan fingerprint density at radius 2 is 1.80 bits per heavy atom. The monoisotopic (exact) mass is 300 g/mol. The summed E-state index contributed by atoms with van der Waals surface area (Å²) in [5.41, 5.74) is 0. The summed E-state index contributed by atoms with van der Waals surface area (Å²) in [6, 6.07) is 3.65. The normalized spacial score (nSPS) is 17.2. The first kappa shape index (κ1) is 14.9. The predicted octanol–water partition coefficient (Wildman–Crippen LogP) is 1.11. The molecule has 0 spiro atoms. The van der Waals surface area contributed by atoms with Gasteiger partial charge in [-0.1, -0.05) is 0 Å². The Labute approximate surface area is 117 Å². The van der Waals surface area contributed by atoms with Crippen molar-refractivity contribution in [3.05, 3.63) is 30.1 Å². The molecule has 1 aliphatic heterocycles. The number of halogens is 1. The third-order valence-electron chi connectivity index (χ3n) is 3.24. The Kier molecular flexibility index (Phi) is 4.39. The van der Waals surface area contributed by atoms with E-state index in [1.54, 1.807) is 4.90 Å². The summed E-state index contributed by atoms with van der Waals surface area (Å²) in [6.45, 7) is 2.85. The lowest BCUT2D eigenvalue weighted by Gasteiger charge is -2.21. The van der Waals surface area contributed by atoms with E-state index in [0.717, 1.165) is 25.0 Å². The maximum atomic E-state index is 12.8. The van der Waals surface area contributed by atoms with Gasteiger partial charge in [-0.15, -0.1) is 0 Å². The van der Waals surface area contributed by atoms with Gasteiger partial charge in [-0.3, -0.25) is 4.79 Å². The number of nitrogens with zero attached hydrogens (tertiary/aromatic N) is 1. The van der Waals surface area contributed by atoms with Crippen LogP contribution in [0.5, 0.6) is 0 Å². The number of rotatable bonds is 4. The Morgan fingerprint density at radius 3 is 2.35 bits per heavy atom. The number of carbonyl (C=O) groups excluding carboxylic acids is 1. The van der Waals surface area contributed by atoms with E-state index >= 15 is 0 Å². The maximum absolute atomic E-state index is 12.8. The maximum Gasteiger partial charge on any atom is 0.241 e. The number of hydrogen-bond donors (Lipinski definition) is 1. The van der Waals surface area contributed by atoms with Gasteiger partial charge in [0.1, 0.15) is 5.82 Å². The molecule has 0 bridgehead atoms. The fourth-order valence-corrected chi connectivity index (χ4v) is 3.37. The van der Waals surface area contributed by atoms with Crippen molar-refractivity contribution < 1.29 is 17.6 Å². The van der Waals surface area contributed by atoms with Gasteiger partial charge < -0.3 is 4.90 Å². The highest BCUT2D eigenvalue weighted by molar-refractivity contribution is 7.89. The second kappa shape index (κ2) is 5.88. The lowest BCUT2D eigenvalue weighted by molar-refractivity contribution is -0.131. The molecule has 2 rings (SSSR count). The number of benzene rings is 1. The molecule has 1 N–H and O–H groups in total. The fourth-order valence-electron chi connectivity index (χ4n) is 2.18. The number of nitrogens with one attached hydrogen (secondary N) is 1. The van der Waals surface area contributed by atoms with Crippen LogP contribution in [0.15, 0.2) is 29.2 Å². The molecule has 0 unspecified atom stereocenters. The van der Waals surface area contributed by atoms with Gasteiger partial charge in [-0.2, -0.15) is 4.72 Å². The van der Waals surface area contributed by atoms with Gasteiger partial charge in [-0.25, -0.2) is 12.8 Å². The van der Waals surface area contributed by atoms with Crippen molar-refractivity contribution in [2.75, 3.05) is 13.1 Å². The number of hydrogen-bond acceptors (Lipinski definition) is 3. The molecule has 1 aliphatic rings. The molecule has 0 radical (unpaired) electrons. The van der Waals surface area contributed by atoms with Crippen molar-refractivity contribution in [2.24, 2.45) is 0 Å². The molecule has 1 saturated heterocycles. The standard InChI is InChI=1S/C13H17FN2O3S/c1-10(13(17)16-8-2-3-9-16)15-20(18,19)12-6-4-11(14)5-7-12/h4-7,10,15H,2-3,8-9H2,1H3/t10-/m0/s1. The van der Waals surface area contributed by atoms with E-state index in [-0.39, 0.29) is 10.8 Å². The molecular formula is C13H17FN2O3S. The highest BCUT2D eigenvalue weighted by Crippen LogP contribution is 2.13. The fraction of sp³-hybridized carbons (Fsp3) is 0.462. The highest BCUT2D eigenvalue weighted by Gasteiger charge is 2.27. The van der Waals surface area contributed by atoms with Crippen LogP contribution in [0.4, 0.5) is 4.39 Å². The van der Waals surface area contributed by atoms with E-state index in [9.17, 15) is 17.6 Å². The second-order valence-corrected chi connectivity index (χ2v) is 6.54. The molecular weight excluding hydrogens is 283 g/mol. The Balaban J connectivity index is 2.07. The molecule has 110 valence electrons. The molecule has 0 aromatic heterocycles. The molecule has 20 heavy (non-hydrogen) atoms. The first-order chi connectivity index (χ1) is 9.40. The molecule has 7 heteroatoms. The van der Waals surface area contributed by atoms with E-state index in [1.165, 1.54) is 19.1 Å². The summed E-state index contributed by atoms with van der Waals surface area (Å²) in [4.78, 5) is 13.6. The molecule has 1 heterocycles. The average molecular weight is 300 g/mol.